The van der Waals surface area contributed by atoms with Gasteiger partial charge in [-0.1, -0.05) is 12.1 Å². The van der Waals surface area contributed by atoms with E-state index >= 15 is 0 Å². The van der Waals surface area contributed by atoms with Gasteiger partial charge in [-0.25, -0.2) is 18.7 Å². The number of fused-ring (bicyclic) bond motifs is 3. The van der Waals surface area contributed by atoms with Gasteiger partial charge in [-0.05, 0) is 25.0 Å². The summed E-state index contributed by atoms with van der Waals surface area (Å²) in [4.78, 5) is 21.0. The van der Waals surface area contributed by atoms with E-state index in [4.69, 9.17) is 5.11 Å². The molecule has 0 saturated heterocycles. The van der Waals surface area contributed by atoms with Crippen molar-refractivity contribution in [1.29, 1.82) is 0 Å². The Hall–Kier alpha value is -3.59. The van der Waals surface area contributed by atoms with Crippen molar-refractivity contribution in [2.24, 2.45) is 0 Å². The normalized spacial score (nSPS) is 13.6. The number of anilines is 1. The molecule has 1 saturated carbocycles. The topological polar surface area (TPSA) is 91.5 Å². The Morgan fingerprint density at radius 2 is 1.90 bits per heavy atom. The second-order valence-corrected chi connectivity index (χ2v) is 7.49. The molecular weight excluding hydrogens is 404 g/mol. The lowest BCUT2D eigenvalue weighted by Gasteiger charge is -2.12. The van der Waals surface area contributed by atoms with Gasteiger partial charge in [0.25, 0.3) is 5.91 Å². The third-order valence-electron chi connectivity index (χ3n) is 5.22. The smallest absolute Gasteiger partial charge is 0.251 e. The molecule has 1 aliphatic rings. The average Bonchev–Trinajstić information content (AvgIpc) is 3.47. The lowest BCUT2D eigenvalue weighted by molar-refractivity contribution is 0.0951. The number of halogens is 2. The van der Waals surface area contributed by atoms with Crippen LogP contribution in [0.4, 0.5) is 14.6 Å². The molecule has 0 aliphatic heterocycles. The predicted octanol–water partition coefficient (Wildman–Crippen LogP) is 3.12. The molecule has 0 spiro atoms. The maximum absolute atomic E-state index is 14.0. The Kier molecular flexibility index (Phi) is 4.74. The number of hydrogen-bond acceptors (Lipinski definition) is 5. The number of carbonyl (C=O) groups excluding carboxylic acids is 1. The van der Waals surface area contributed by atoms with Gasteiger partial charge >= 0.3 is 0 Å². The third-order valence-corrected chi connectivity index (χ3v) is 5.22. The molecule has 5 rings (SSSR count). The summed E-state index contributed by atoms with van der Waals surface area (Å²) in [6.07, 6.45) is 3.63. The van der Waals surface area contributed by atoms with Gasteiger partial charge in [0.05, 0.1) is 29.5 Å². The van der Waals surface area contributed by atoms with Crippen molar-refractivity contribution in [2.45, 2.75) is 18.9 Å². The second-order valence-electron chi connectivity index (χ2n) is 7.49. The highest BCUT2D eigenvalue weighted by Gasteiger charge is 2.24. The maximum Gasteiger partial charge on any atom is 0.251 e. The molecule has 7 nitrogen and oxygen atoms in total. The van der Waals surface area contributed by atoms with Crippen molar-refractivity contribution in [3.05, 3.63) is 59.8 Å². The summed E-state index contributed by atoms with van der Waals surface area (Å²) < 4.78 is 29.6. The minimum atomic E-state index is -1.000. The van der Waals surface area contributed by atoms with Gasteiger partial charge < -0.3 is 15.7 Å². The molecule has 31 heavy (non-hydrogen) atoms. The number of aromatic nitrogens is 3. The number of aliphatic hydroxyl groups excluding tert-OH is 1. The number of carbonyl (C=O) groups is 1. The first-order valence-corrected chi connectivity index (χ1v) is 9.97. The second kappa shape index (κ2) is 7.59. The fourth-order valence-corrected chi connectivity index (χ4v) is 3.51. The number of amides is 1. The van der Waals surface area contributed by atoms with Gasteiger partial charge in [0.1, 0.15) is 0 Å². The molecule has 1 aliphatic carbocycles. The average molecular weight is 423 g/mol. The highest BCUT2D eigenvalue weighted by atomic mass is 19.2. The summed E-state index contributed by atoms with van der Waals surface area (Å²) in [5, 5.41) is 15.1. The molecule has 158 valence electrons. The molecule has 2 heterocycles. The first-order valence-electron chi connectivity index (χ1n) is 9.97. The molecule has 1 amide bonds. The van der Waals surface area contributed by atoms with Gasteiger partial charge in [-0.15, -0.1) is 0 Å². The van der Waals surface area contributed by atoms with E-state index in [0.717, 1.165) is 30.5 Å². The van der Waals surface area contributed by atoms with E-state index in [9.17, 15) is 13.6 Å². The zero-order chi connectivity index (χ0) is 21.5. The summed E-state index contributed by atoms with van der Waals surface area (Å²) >= 11 is 0. The van der Waals surface area contributed by atoms with E-state index in [-0.39, 0.29) is 30.6 Å². The van der Waals surface area contributed by atoms with Crippen LogP contribution in [0.3, 0.4) is 0 Å². The number of hydrogen-bond donors (Lipinski definition) is 3. The highest BCUT2D eigenvalue weighted by Crippen LogP contribution is 2.30. The zero-order valence-corrected chi connectivity index (χ0v) is 16.4. The fraction of sp³-hybridized carbons (Fsp3) is 0.227. The van der Waals surface area contributed by atoms with Crippen molar-refractivity contribution >= 4 is 28.4 Å². The van der Waals surface area contributed by atoms with Gasteiger partial charge in [-0.3, -0.25) is 9.20 Å². The molecule has 2 aromatic heterocycles. The quantitative estimate of drug-likeness (QED) is 0.443. The number of aliphatic hydroxyl groups is 1. The Labute approximate surface area is 175 Å². The summed E-state index contributed by atoms with van der Waals surface area (Å²) in [7, 11) is 0. The van der Waals surface area contributed by atoms with Crippen LogP contribution in [0.1, 0.15) is 23.2 Å². The lowest BCUT2D eigenvalue weighted by Crippen LogP contribution is -2.25. The van der Waals surface area contributed by atoms with Gasteiger partial charge in [0.2, 0.25) is 0 Å². The van der Waals surface area contributed by atoms with Crippen LogP contribution in [0, 0.1) is 11.6 Å². The van der Waals surface area contributed by atoms with Crippen molar-refractivity contribution in [2.75, 3.05) is 18.5 Å². The standard InChI is InChI=1S/C22H19F2N5O2/c23-15-9-17-18(10-16(15)24)29-19(11-26-21(29)20(28-17)25-7-8-30)12-1-3-13(4-2-12)22(31)27-14-5-6-14/h1-4,9-11,14,30H,5-8H2,(H,25,28)(H,27,31). The van der Waals surface area contributed by atoms with Crippen LogP contribution in [-0.2, 0) is 0 Å². The number of rotatable bonds is 6. The van der Waals surface area contributed by atoms with Crippen LogP contribution in [-0.4, -0.2) is 44.6 Å². The molecule has 0 bridgehead atoms. The van der Waals surface area contributed by atoms with E-state index in [1.54, 1.807) is 34.9 Å². The minimum Gasteiger partial charge on any atom is -0.395 e. The lowest BCUT2D eigenvalue weighted by atomic mass is 10.1. The zero-order valence-electron chi connectivity index (χ0n) is 16.4. The fourth-order valence-electron chi connectivity index (χ4n) is 3.51. The first-order chi connectivity index (χ1) is 15.0. The summed E-state index contributed by atoms with van der Waals surface area (Å²) in [5.74, 6) is -1.76. The first kappa shape index (κ1) is 19.4. The monoisotopic (exact) mass is 423 g/mol. The number of imidazole rings is 1. The molecule has 1 fully saturated rings. The Bertz CT molecular complexity index is 1300. The largest absolute Gasteiger partial charge is 0.395 e. The summed E-state index contributed by atoms with van der Waals surface area (Å²) in [5.41, 5.74) is 2.94. The van der Waals surface area contributed by atoms with Crippen molar-refractivity contribution < 1.29 is 18.7 Å². The molecule has 0 atom stereocenters. The molecule has 9 heteroatoms. The molecule has 0 radical (unpaired) electrons. The number of nitrogens with one attached hydrogen (secondary N) is 2. The van der Waals surface area contributed by atoms with Crippen LogP contribution in [0.25, 0.3) is 27.9 Å². The van der Waals surface area contributed by atoms with E-state index in [1.807, 2.05) is 0 Å². The van der Waals surface area contributed by atoms with Crippen LogP contribution in [0.2, 0.25) is 0 Å². The van der Waals surface area contributed by atoms with Crippen LogP contribution in [0.5, 0.6) is 0 Å². The van der Waals surface area contributed by atoms with Gasteiger partial charge in [0.15, 0.2) is 23.1 Å². The van der Waals surface area contributed by atoms with E-state index in [1.165, 1.54) is 0 Å². The number of nitrogens with zero attached hydrogens (tertiary/aromatic N) is 3. The van der Waals surface area contributed by atoms with E-state index in [2.05, 4.69) is 20.6 Å². The van der Waals surface area contributed by atoms with Crippen LogP contribution < -0.4 is 10.6 Å². The van der Waals surface area contributed by atoms with E-state index in [0.29, 0.717) is 28.2 Å². The van der Waals surface area contributed by atoms with E-state index < -0.39 is 11.6 Å². The predicted molar refractivity (Wildman–Crippen MR) is 112 cm³/mol. The van der Waals surface area contributed by atoms with Crippen molar-refractivity contribution in [3.8, 4) is 11.3 Å². The summed E-state index contributed by atoms with van der Waals surface area (Å²) in [6, 6.07) is 9.41. The number of benzene rings is 2. The third kappa shape index (κ3) is 3.57. The summed E-state index contributed by atoms with van der Waals surface area (Å²) in [6.45, 7) is 0.104. The van der Waals surface area contributed by atoms with Crippen molar-refractivity contribution in [1.82, 2.24) is 19.7 Å². The minimum absolute atomic E-state index is 0.116. The Morgan fingerprint density at radius 1 is 1.16 bits per heavy atom. The van der Waals surface area contributed by atoms with Gasteiger partial charge in [0, 0.05) is 35.8 Å². The highest BCUT2D eigenvalue weighted by molar-refractivity contribution is 5.95. The van der Waals surface area contributed by atoms with Crippen LogP contribution in [0.15, 0.2) is 42.6 Å². The maximum atomic E-state index is 14.0. The molecule has 3 N–H and O–H groups in total. The molecule has 2 aromatic carbocycles. The van der Waals surface area contributed by atoms with Gasteiger partial charge in [-0.2, -0.15) is 0 Å². The molecule has 4 aromatic rings. The molecular formula is C22H19F2N5O2. The SMILES string of the molecule is O=C(NC1CC1)c1ccc(-c2cnc3c(NCCO)nc4cc(F)c(F)cc4n23)cc1. The van der Waals surface area contributed by atoms with Crippen molar-refractivity contribution in [3.63, 3.8) is 0 Å². The molecule has 0 unspecified atom stereocenters. The Morgan fingerprint density at radius 3 is 2.61 bits per heavy atom. The Balaban J connectivity index is 1.63. The van der Waals surface area contributed by atoms with Crippen LogP contribution >= 0.6 is 0 Å².